The van der Waals surface area contributed by atoms with E-state index in [9.17, 15) is 21.6 Å². The molecule has 0 aromatic carbocycles. The van der Waals surface area contributed by atoms with Crippen LogP contribution in [0.5, 0.6) is 0 Å². The van der Waals surface area contributed by atoms with Crippen molar-refractivity contribution in [3.8, 4) is 11.5 Å². The Morgan fingerprint density at radius 2 is 1.81 bits per heavy atom. The molecule has 0 aliphatic carbocycles. The molecule has 2 saturated heterocycles. The van der Waals surface area contributed by atoms with Crippen molar-refractivity contribution in [1.82, 2.24) is 29.2 Å². The number of anilines is 1. The predicted octanol–water partition coefficient (Wildman–Crippen LogP) is 1.68. The van der Waals surface area contributed by atoms with Crippen LogP contribution in [-0.4, -0.2) is 69.7 Å². The first-order valence-corrected chi connectivity index (χ1v) is 11.4. The largest absolute Gasteiger partial charge is 0.434 e. The molecule has 0 unspecified atom stereocenters. The van der Waals surface area contributed by atoms with Crippen LogP contribution >= 0.6 is 0 Å². The minimum Gasteiger partial charge on any atom is -0.355 e. The lowest BCUT2D eigenvalue weighted by atomic mass is 9.72. The van der Waals surface area contributed by atoms with E-state index < -0.39 is 22.6 Å². The predicted molar refractivity (Wildman–Crippen MR) is 110 cm³/mol. The second-order valence-electron chi connectivity index (χ2n) is 8.33. The molecule has 32 heavy (non-hydrogen) atoms. The second-order valence-corrected chi connectivity index (χ2v) is 9.28. The Bertz CT molecular complexity index is 1220. The van der Waals surface area contributed by atoms with Crippen molar-refractivity contribution in [3.63, 3.8) is 0 Å². The van der Waals surface area contributed by atoms with Crippen LogP contribution in [0.25, 0.3) is 17.2 Å². The third-order valence-corrected chi connectivity index (χ3v) is 6.80. The summed E-state index contributed by atoms with van der Waals surface area (Å²) in [6.45, 7) is 3.11. The molecule has 0 radical (unpaired) electrons. The smallest absolute Gasteiger partial charge is 0.355 e. The van der Waals surface area contributed by atoms with E-state index in [1.807, 2.05) is 4.90 Å². The van der Waals surface area contributed by atoms with Crippen molar-refractivity contribution in [1.29, 1.82) is 0 Å². The zero-order chi connectivity index (χ0) is 22.5. The number of likely N-dealkylation sites (tertiary alicyclic amines) is 1. The average molecular weight is 467 g/mol. The fraction of sp³-hybridized carbons (Fsp3) is 0.474. The van der Waals surface area contributed by atoms with Crippen molar-refractivity contribution in [2.75, 3.05) is 37.0 Å². The van der Waals surface area contributed by atoms with Gasteiger partial charge in [-0.1, -0.05) is 0 Å². The van der Waals surface area contributed by atoms with Crippen LogP contribution in [-0.2, 0) is 16.9 Å². The molecule has 2 aliphatic heterocycles. The fourth-order valence-electron chi connectivity index (χ4n) is 4.42. The number of rotatable bonds is 4. The lowest BCUT2D eigenvalue weighted by molar-refractivity contribution is -0.141. The summed E-state index contributed by atoms with van der Waals surface area (Å²) in [5.41, 5.74) is -0.244. The molecule has 0 bridgehead atoms. The van der Waals surface area contributed by atoms with Crippen LogP contribution in [0.4, 0.5) is 19.0 Å². The minimum atomic E-state index is -4.57. The van der Waals surface area contributed by atoms with Gasteiger partial charge < -0.3 is 4.90 Å². The van der Waals surface area contributed by atoms with Gasteiger partial charge in [-0.15, -0.1) is 0 Å². The van der Waals surface area contributed by atoms with Crippen molar-refractivity contribution >= 4 is 22.2 Å². The van der Waals surface area contributed by atoms with Crippen molar-refractivity contribution in [3.05, 3.63) is 36.5 Å². The Morgan fingerprint density at radius 3 is 2.50 bits per heavy atom. The lowest BCUT2D eigenvalue weighted by Crippen LogP contribution is -2.60. The van der Waals surface area contributed by atoms with Crippen LogP contribution in [0.15, 0.2) is 30.9 Å². The van der Waals surface area contributed by atoms with Gasteiger partial charge in [-0.05, 0) is 32.0 Å². The normalized spacial score (nSPS) is 19.1. The summed E-state index contributed by atoms with van der Waals surface area (Å²) >= 11 is 0. The topological polar surface area (TPSA) is 96.6 Å². The maximum atomic E-state index is 13.1. The van der Waals surface area contributed by atoms with Crippen LogP contribution in [0, 0.1) is 5.41 Å². The average Bonchev–Trinajstić information content (AvgIpc) is 3.15. The number of aromatic nitrogens is 5. The number of hydrogen-bond acceptors (Lipinski definition) is 8. The molecular weight excluding hydrogens is 447 g/mol. The molecule has 0 amide bonds. The summed E-state index contributed by atoms with van der Waals surface area (Å²) in [6, 6.07) is 1.78. The van der Waals surface area contributed by atoms with Crippen molar-refractivity contribution in [2.45, 2.75) is 19.0 Å². The highest BCUT2D eigenvalue weighted by Gasteiger charge is 2.45. The number of alkyl halides is 3. The van der Waals surface area contributed by atoms with Gasteiger partial charge in [0.1, 0.15) is 11.5 Å². The van der Waals surface area contributed by atoms with Crippen LogP contribution in [0.1, 0.15) is 18.5 Å². The molecule has 9 nitrogen and oxygen atoms in total. The van der Waals surface area contributed by atoms with Gasteiger partial charge in [0, 0.05) is 30.9 Å². The third kappa shape index (κ3) is 3.90. The Labute approximate surface area is 182 Å². The van der Waals surface area contributed by atoms with Gasteiger partial charge in [0.25, 0.3) is 0 Å². The molecule has 3 aromatic heterocycles. The minimum absolute atomic E-state index is 0.106. The van der Waals surface area contributed by atoms with E-state index in [0.717, 1.165) is 51.4 Å². The first-order chi connectivity index (χ1) is 15.2. The summed E-state index contributed by atoms with van der Waals surface area (Å²) in [5.74, 6) is 1.09. The second kappa shape index (κ2) is 7.66. The summed E-state index contributed by atoms with van der Waals surface area (Å²) in [7, 11) is -2.40. The molecule has 2 fully saturated rings. The van der Waals surface area contributed by atoms with Crippen LogP contribution in [0.3, 0.4) is 0 Å². The lowest BCUT2D eigenvalue weighted by Gasteiger charge is -2.54. The first-order valence-electron chi connectivity index (χ1n) is 10.1. The highest BCUT2D eigenvalue weighted by molar-refractivity contribution is 7.72. The molecule has 5 rings (SSSR count). The molecule has 1 spiro atoms. The van der Waals surface area contributed by atoms with Gasteiger partial charge in [-0.25, -0.2) is 28.4 Å². The fourth-order valence-corrected chi connectivity index (χ4v) is 5.03. The van der Waals surface area contributed by atoms with Crippen molar-refractivity contribution in [2.24, 2.45) is 5.41 Å². The highest BCUT2D eigenvalue weighted by atomic mass is 32.2. The number of nitrogens with zero attached hydrogens (tertiary/aromatic N) is 7. The number of piperidine rings is 1. The molecule has 13 heteroatoms. The summed E-state index contributed by atoms with van der Waals surface area (Å²) < 4.78 is 62.4. The van der Waals surface area contributed by atoms with Crippen LogP contribution < -0.4 is 4.90 Å². The Morgan fingerprint density at radius 1 is 1.06 bits per heavy atom. The molecule has 0 saturated carbocycles. The number of thiol groups is 1. The molecule has 3 aromatic rings. The number of halogens is 3. The van der Waals surface area contributed by atoms with E-state index in [-0.39, 0.29) is 22.8 Å². The van der Waals surface area contributed by atoms with Gasteiger partial charge in [0.2, 0.25) is 0 Å². The SMILES string of the molecule is O=[SH](=O)CN1CCC2(CC1)CN(c1ccnc(-c3cnc4cnc(C(F)(F)F)cn34)n1)C2. The van der Waals surface area contributed by atoms with Crippen LogP contribution in [0.2, 0.25) is 0 Å². The van der Waals surface area contributed by atoms with E-state index in [2.05, 4.69) is 24.8 Å². The van der Waals surface area contributed by atoms with Gasteiger partial charge >= 0.3 is 6.18 Å². The third-order valence-electron chi connectivity index (χ3n) is 6.17. The monoisotopic (exact) mass is 467 g/mol. The molecule has 0 atom stereocenters. The van der Waals surface area contributed by atoms with Gasteiger partial charge in [0.05, 0.1) is 18.3 Å². The maximum Gasteiger partial charge on any atom is 0.434 e. The highest BCUT2D eigenvalue weighted by Crippen LogP contribution is 2.42. The zero-order valence-corrected chi connectivity index (χ0v) is 17.8. The van der Waals surface area contributed by atoms with E-state index in [0.29, 0.717) is 11.5 Å². The quantitative estimate of drug-likeness (QED) is 0.579. The first kappa shape index (κ1) is 21.1. The summed E-state index contributed by atoms with van der Waals surface area (Å²) in [4.78, 5) is 20.4. The van der Waals surface area contributed by atoms with E-state index in [4.69, 9.17) is 0 Å². The molecule has 2 aliphatic rings. The Balaban J connectivity index is 1.33. The van der Waals surface area contributed by atoms with Crippen molar-refractivity contribution < 1.29 is 21.6 Å². The summed E-state index contributed by atoms with van der Waals surface area (Å²) in [5, 5.41) is 0. The maximum absolute atomic E-state index is 13.1. The van der Waals surface area contributed by atoms with Gasteiger partial charge in [-0.3, -0.25) is 9.30 Å². The summed E-state index contributed by atoms with van der Waals surface area (Å²) in [6.07, 6.45) is 2.27. The van der Waals surface area contributed by atoms with Gasteiger partial charge in [0.15, 0.2) is 27.9 Å². The standard InChI is InChI=1S/C19H20F3N7O2S/c20-19(21,22)14-9-29-13(7-25-16(29)8-24-14)17-23-4-1-15(26-17)28-10-18(11-28)2-5-27(6-3-18)12-32(30)31/h1,4,7-9,32H,2-3,5-6,10-12H2. The molecule has 5 heterocycles. The molecule has 170 valence electrons. The molecule has 0 N–H and O–H groups in total. The molecular formula is C19H20F3N7O2S. The number of imidazole rings is 1. The van der Waals surface area contributed by atoms with E-state index in [1.54, 1.807) is 12.3 Å². The Hall–Kier alpha value is -2.80. The number of fused-ring (bicyclic) bond motifs is 1. The zero-order valence-electron chi connectivity index (χ0n) is 16.9. The Kier molecular flexibility index (Phi) is 5.04. The van der Waals surface area contributed by atoms with E-state index >= 15 is 0 Å². The number of hydrogen-bond donors (Lipinski definition) is 1. The van der Waals surface area contributed by atoms with Gasteiger partial charge in [-0.2, -0.15) is 13.2 Å². The van der Waals surface area contributed by atoms with E-state index in [1.165, 1.54) is 10.6 Å².